The van der Waals surface area contributed by atoms with Crippen molar-refractivity contribution >= 4 is 15.7 Å². The maximum absolute atomic E-state index is 12.4. The van der Waals surface area contributed by atoms with E-state index >= 15 is 0 Å². The number of aromatic nitrogens is 2. The molecule has 0 saturated carbocycles. The summed E-state index contributed by atoms with van der Waals surface area (Å²) in [6.07, 6.45) is 1.55. The lowest BCUT2D eigenvalue weighted by Crippen LogP contribution is -2.25. The highest BCUT2D eigenvalue weighted by Crippen LogP contribution is 2.26. The third-order valence-electron chi connectivity index (χ3n) is 3.30. The van der Waals surface area contributed by atoms with Gasteiger partial charge < -0.3 is 4.98 Å². The number of benzene rings is 1. The molecule has 2 N–H and O–H groups in total. The Morgan fingerprint density at radius 1 is 1.39 bits per heavy atom. The van der Waals surface area contributed by atoms with Crippen LogP contribution in [0.15, 0.2) is 29.3 Å². The highest BCUT2D eigenvalue weighted by molar-refractivity contribution is 7.89. The normalized spacial score (nSPS) is 11.8. The van der Waals surface area contributed by atoms with Gasteiger partial charge in [0, 0.05) is 23.9 Å². The fourth-order valence-electron chi connectivity index (χ4n) is 2.14. The van der Waals surface area contributed by atoms with Crippen molar-refractivity contribution in [3.05, 3.63) is 51.6 Å². The molecule has 2 rings (SSSR count). The number of nitro benzene ring substituents is 1. The minimum Gasteiger partial charge on any atom is -0.345 e. The van der Waals surface area contributed by atoms with Gasteiger partial charge in [-0.3, -0.25) is 10.1 Å². The Morgan fingerprint density at radius 3 is 2.65 bits per heavy atom. The van der Waals surface area contributed by atoms with Gasteiger partial charge in [-0.2, -0.15) is 0 Å². The number of aromatic amines is 1. The van der Waals surface area contributed by atoms with Crippen molar-refractivity contribution in [3.8, 4) is 0 Å². The summed E-state index contributed by atoms with van der Waals surface area (Å²) < 4.78 is 27.3. The van der Waals surface area contributed by atoms with Crippen molar-refractivity contribution in [2.45, 2.75) is 38.1 Å². The van der Waals surface area contributed by atoms with Gasteiger partial charge in [-0.25, -0.2) is 18.1 Å². The quantitative estimate of drug-likeness (QED) is 0.618. The topological polar surface area (TPSA) is 118 Å². The summed E-state index contributed by atoms with van der Waals surface area (Å²) in [6.45, 7) is 5.43. The first-order valence-electron chi connectivity index (χ1n) is 7.00. The van der Waals surface area contributed by atoms with Crippen LogP contribution < -0.4 is 4.72 Å². The first kappa shape index (κ1) is 17.1. The monoisotopic (exact) mass is 338 g/mol. The van der Waals surface area contributed by atoms with Crippen molar-refractivity contribution in [2.75, 3.05) is 0 Å². The van der Waals surface area contributed by atoms with E-state index in [0.29, 0.717) is 11.3 Å². The van der Waals surface area contributed by atoms with E-state index in [4.69, 9.17) is 0 Å². The molecule has 0 aliphatic carbocycles. The van der Waals surface area contributed by atoms with Gasteiger partial charge >= 0.3 is 0 Å². The number of hydrogen-bond acceptors (Lipinski definition) is 5. The number of H-pyrrole nitrogens is 1. The maximum atomic E-state index is 12.4. The predicted octanol–water partition coefficient (Wildman–Crippen LogP) is 2.23. The molecule has 0 aliphatic rings. The van der Waals surface area contributed by atoms with Gasteiger partial charge in [0.1, 0.15) is 5.82 Å². The smallest absolute Gasteiger partial charge is 0.289 e. The second-order valence-corrected chi connectivity index (χ2v) is 7.16. The Labute approximate surface area is 134 Å². The predicted molar refractivity (Wildman–Crippen MR) is 84.5 cm³/mol. The van der Waals surface area contributed by atoms with E-state index in [2.05, 4.69) is 14.7 Å². The highest BCUT2D eigenvalue weighted by atomic mass is 32.2. The number of nitrogens with zero attached hydrogens (tertiary/aromatic N) is 2. The molecule has 9 heteroatoms. The second-order valence-electron chi connectivity index (χ2n) is 5.45. The van der Waals surface area contributed by atoms with Crippen LogP contribution in [0.4, 0.5) is 5.69 Å². The molecule has 8 nitrogen and oxygen atoms in total. The van der Waals surface area contributed by atoms with Crippen LogP contribution in [0.5, 0.6) is 0 Å². The second kappa shape index (κ2) is 6.47. The molecular weight excluding hydrogens is 320 g/mol. The van der Waals surface area contributed by atoms with Crippen LogP contribution in [0.25, 0.3) is 0 Å². The fraction of sp³-hybridized carbons (Fsp3) is 0.357. The molecule has 0 aliphatic heterocycles. The fourth-order valence-corrected chi connectivity index (χ4v) is 3.53. The van der Waals surface area contributed by atoms with Crippen LogP contribution in [-0.4, -0.2) is 23.3 Å². The van der Waals surface area contributed by atoms with Gasteiger partial charge in [-0.1, -0.05) is 26.0 Å². The van der Waals surface area contributed by atoms with E-state index in [1.165, 1.54) is 25.1 Å². The van der Waals surface area contributed by atoms with Crippen molar-refractivity contribution in [1.82, 2.24) is 14.7 Å². The van der Waals surface area contributed by atoms with Crippen LogP contribution in [0, 0.1) is 17.0 Å². The Morgan fingerprint density at radius 2 is 2.09 bits per heavy atom. The molecule has 0 bridgehead atoms. The molecule has 0 spiro atoms. The first-order valence-corrected chi connectivity index (χ1v) is 8.48. The van der Waals surface area contributed by atoms with E-state index in [9.17, 15) is 18.5 Å². The third kappa shape index (κ3) is 3.74. The van der Waals surface area contributed by atoms with E-state index in [1.54, 1.807) is 6.20 Å². The summed E-state index contributed by atoms with van der Waals surface area (Å²) in [5.74, 6) is 0.943. The van der Waals surface area contributed by atoms with Crippen LogP contribution in [0.2, 0.25) is 0 Å². The first-order chi connectivity index (χ1) is 10.7. The largest absolute Gasteiger partial charge is 0.345 e. The highest BCUT2D eigenvalue weighted by Gasteiger charge is 2.27. The SMILES string of the molecule is Cc1cccc([N+](=O)[O-])c1S(=O)(=O)NCc1cnc(C(C)C)[nH]1. The standard InChI is InChI=1S/C14H18N4O4S/c1-9(2)14-15-7-11(17-14)8-16-23(21,22)13-10(3)5-4-6-12(13)18(19)20/h4-7,9,16H,8H2,1-3H3,(H,15,17). The van der Waals surface area contributed by atoms with E-state index in [0.717, 1.165) is 5.82 Å². The molecule has 1 aromatic carbocycles. The molecule has 0 fully saturated rings. The van der Waals surface area contributed by atoms with Gasteiger partial charge in [0.25, 0.3) is 5.69 Å². The molecule has 0 radical (unpaired) electrons. The average Bonchev–Trinajstić information content (AvgIpc) is 2.94. The maximum Gasteiger partial charge on any atom is 0.289 e. The van der Waals surface area contributed by atoms with Gasteiger partial charge in [-0.15, -0.1) is 0 Å². The lowest BCUT2D eigenvalue weighted by Gasteiger charge is -2.09. The Bertz CT molecular complexity index is 827. The zero-order chi connectivity index (χ0) is 17.2. The summed E-state index contributed by atoms with van der Waals surface area (Å²) in [5, 5.41) is 11.1. The molecule has 23 heavy (non-hydrogen) atoms. The van der Waals surface area contributed by atoms with E-state index in [-0.39, 0.29) is 17.4 Å². The average molecular weight is 338 g/mol. The summed E-state index contributed by atoms with van der Waals surface area (Å²) in [4.78, 5) is 17.2. The number of aryl methyl sites for hydroxylation is 1. The summed E-state index contributed by atoms with van der Waals surface area (Å²) in [7, 11) is -4.02. The number of nitrogens with one attached hydrogen (secondary N) is 2. The molecule has 0 amide bonds. The van der Waals surface area contributed by atoms with Crippen molar-refractivity contribution in [1.29, 1.82) is 0 Å². The van der Waals surface area contributed by atoms with Crippen LogP contribution in [-0.2, 0) is 16.6 Å². The zero-order valence-electron chi connectivity index (χ0n) is 13.0. The van der Waals surface area contributed by atoms with Gasteiger partial charge in [0.05, 0.1) is 11.5 Å². The van der Waals surface area contributed by atoms with Gasteiger partial charge in [0.2, 0.25) is 10.0 Å². The van der Waals surface area contributed by atoms with Crippen molar-refractivity contribution < 1.29 is 13.3 Å². The van der Waals surface area contributed by atoms with E-state index in [1.807, 2.05) is 13.8 Å². The molecular formula is C14H18N4O4S. The van der Waals surface area contributed by atoms with Crippen LogP contribution in [0.1, 0.15) is 36.8 Å². The molecule has 1 aromatic heterocycles. The zero-order valence-corrected chi connectivity index (χ0v) is 13.8. The van der Waals surface area contributed by atoms with Crippen LogP contribution >= 0.6 is 0 Å². The van der Waals surface area contributed by atoms with Gasteiger partial charge in [0.15, 0.2) is 4.90 Å². The minimum atomic E-state index is -4.02. The molecule has 124 valence electrons. The van der Waals surface area contributed by atoms with Crippen molar-refractivity contribution in [3.63, 3.8) is 0 Å². The number of nitro groups is 1. The number of sulfonamides is 1. The Balaban J connectivity index is 2.27. The van der Waals surface area contributed by atoms with Crippen molar-refractivity contribution in [2.24, 2.45) is 0 Å². The Hall–Kier alpha value is -2.26. The molecule has 1 heterocycles. The van der Waals surface area contributed by atoms with Crippen LogP contribution in [0.3, 0.4) is 0 Å². The number of hydrogen-bond donors (Lipinski definition) is 2. The lowest BCUT2D eigenvalue weighted by molar-refractivity contribution is -0.387. The van der Waals surface area contributed by atoms with E-state index < -0.39 is 20.6 Å². The summed E-state index contributed by atoms with van der Waals surface area (Å²) >= 11 is 0. The lowest BCUT2D eigenvalue weighted by atomic mass is 10.2. The van der Waals surface area contributed by atoms with Gasteiger partial charge in [-0.05, 0) is 12.5 Å². The molecule has 2 aromatic rings. The molecule has 0 unspecified atom stereocenters. The number of imidazole rings is 1. The minimum absolute atomic E-state index is 0.0203. The third-order valence-corrected chi connectivity index (χ3v) is 4.90. The Kier molecular flexibility index (Phi) is 4.81. The molecule has 0 saturated heterocycles. The molecule has 0 atom stereocenters. The number of rotatable bonds is 6. The summed E-state index contributed by atoms with van der Waals surface area (Å²) in [6, 6.07) is 4.15. The summed E-state index contributed by atoms with van der Waals surface area (Å²) in [5.41, 5.74) is 0.470.